The van der Waals surface area contributed by atoms with Gasteiger partial charge in [-0.25, -0.2) is 9.24 Å². The third kappa shape index (κ3) is 9.98. The molecule has 15 nitrogen and oxygen atoms in total. The molecule has 0 aliphatic carbocycles. The number of aromatic amines is 1. The number of H-pyrrole nitrogens is 1. The van der Waals surface area contributed by atoms with Gasteiger partial charge in [-0.1, -0.05) is 73.4 Å². The summed E-state index contributed by atoms with van der Waals surface area (Å²) in [6, 6.07) is 28.0. The first-order valence-corrected chi connectivity index (χ1v) is 22.2. The van der Waals surface area contributed by atoms with Crippen LogP contribution in [0.1, 0.15) is 70.9 Å². The first-order chi connectivity index (χ1) is 29.9. The Labute approximate surface area is 365 Å². The monoisotopic (exact) mass is 870 g/mol. The van der Waals surface area contributed by atoms with Crippen LogP contribution in [0, 0.1) is 17.2 Å². The molecule has 0 saturated carbocycles. The zero-order valence-electron chi connectivity index (χ0n) is 37.4. The van der Waals surface area contributed by atoms with Crippen LogP contribution in [0.5, 0.6) is 11.5 Å². The number of fused-ring (bicyclic) bond motifs is 1. The summed E-state index contributed by atoms with van der Waals surface area (Å²) in [5, 5.41) is 12.8. The summed E-state index contributed by atoms with van der Waals surface area (Å²) in [7, 11) is 4.93. The van der Waals surface area contributed by atoms with Crippen LogP contribution >= 0.6 is 8.53 Å². The number of methoxy groups -OCH3 is 3. The maximum absolute atomic E-state index is 13.6. The van der Waals surface area contributed by atoms with E-state index in [9.17, 15) is 10.1 Å². The minimum Gasteiger partial charge on any atom is -0.497 e. The number of nitriles is 1. The molecule has 1 saturated heterocycles. The summed E-state index contributed by atoms with van der Waals surface area (Å²) in [5.41, 5.74) is 1.90. The fourth-order valence-corrected chi connectivity index (χ4v) is 9.72. The molecule has 0 amide bonds. The third-order valence-electron chi connectivity index (χ3n) is 10.8. The lowest BCUT2D eigenvalue weighted by Gasteiger charge is -2.39. The van der Waals surface area contributed by atoms with Crippen LogP contribution in [-0.4, -0.2) is 90.7 Å². The zero-order valence-corrected chi connectivity index (χ0v) is 38.3. The van der Waals surface area contributed by atoms with E-state index in [0.29, 0.717) is 41.1 Å². The molecule has 1 fully saturated rings. The highest BCUT2D eigenvalue weighted by molar-refractivity contribution is 7.44. The summed E-state index contributed by atoms with van der Waals surface area (Å²) in [6.07, 6.45) is -1.13. The number of aryl methyl sites for hydroxylation is 1. The van der Waals surface area contributed by atoms with E-state index in [1.165, 1.54) is 0 Å². The maximum Gasteiger partial charge on any atom is 0.313 e. The van der Waals surface area contributed by atoms with Gasteiger partial charge in [-0.05, 0) is 74.6 Å². The number of benzene rings is 3. The minimum atomic E-state index is -1.76. The van der Waals surface area contributed by atoms with Crippen LogP contribution in [0.2, 0.25) is 0 Å². The summed E-state index contributed by atoms with van der Waals surface area (Å²) in [4.78, 5) is 21.4. The first-order valence-electron chi connectivity index (χ1n) is 21.0. The van der Waals surface area contributed by atoms with E-state index in [-0.39, 0.29) is 37.3 Å². The lowest BCUT2D eigenvalue weighted by atomic mass is 9.80. The van der Waals surface area contributed by atoms with E-state index < -0.39 is 38.7 Å². The molecule has 2 N–H and O–H groups in total. The van der Waals surface area contributed by atoms with Gasteiger partial charge in [-0.15, -0.1) is 0 Å². The smallest absolute Gasteiger partial charge is 0.313 e. The van der Waals surface area contributed by atoms with E-state index in [1.54, 1.807) is 39.3 Å². The Hall–Kier alpha value is -4.91. The number of imidazole rings is 1. The van der Waals surface area contributed by atoms with Crippen molar-refractivity contribution in [1.29, 1.82) is 5.26 Å². The van der Waals surface area contributed by atoms with Crippen molar-refractivity contribution in [2.45, 2.75) is 90.2 Å². The number of ether oxygens (including phenoxy) is 5. The second kappa shape index (κ2) is 21.0. The Kier molecular flexibility index (Phi) is 15.8. The summed E-state index contributed by atoms with van der Waals surface area (Å²) in [5.74, 6) is 2.07. The van der Waals surface area contributed by atoms with Gasteiger partial charge in [0.2, 0.25) is 11.7 Å². The lowest BCUT2D eigenvalue weighted by molar-refractivity contribution is -0.746. The molecule has 1 aliphatic rings. The van der Waals surface area contributed by atoms with Gasteiger partial charge in [0.05, 0.1) is 47.0 Å². The molecular weight excluding hydrogens is 810 g/mol. The maximum atomic E-state index is 13.6. The zero-order chi connectivity index (χ0) is 44.6. The standard InChI is InChI=1S/C46H60N7O8P/c1-30(2)27-48-45-49-42-39(43(54)50-45)51(7)29-52(42)44-41(57-10)40(61-62(59-26-14-25-47)53(31(3)4)32(5)6)38(60-44)28-58-46(33-15-12-11-13-16-33,34-17-21-36(55-8)22-18-34)35-19-23-37(56-9)24-20-35/h11-13,15-24,29-32,38,40-41,44H,14,26-28H2,1-10H3,(H-,48,49,50,54)/p+1/t38-,40-,41-,44-,62?/m1/s1. The Bertz CT molecular complexity index is 2240. The van der Waals surface area contributed by atoms with Gasteiger partial charge in [0.15, 0.2) is 6.33 Å². The largest absolute Gasteiger partial charge is 0.497 e. The molecule has 3 heterocycles. The van der Waals surface area contributed by atoms with Gasteiger partial charge >= 0.3 is 5.65 Å². The van der Waals surface area contributed by atoms with Crippen LogP contribution < -0.4 is 24.9 Å². The normalized spacial score (nSPS) is 18.5. The van der Waals surface area contributed by atoms with Gasteiger partial charge in [0.1, 0.15) is 35.4 Å². The fraction of sp³-hybridized carbons (Fsp3) is 0.478. The first kappa shape index (κ1) is 46.6. The van der Waals surface area contributed by atoms with Crippen LogP contribution in [0.15, 0.2) is 90.0 Å². The molecule has 6 rings (SSSR count). The molecule has 16 heteroatoms. The predicted molar refractivity (Wildman–Crippen MR) is 238 cm³/mol. The highest BCUT2D eigenvalue weighted by atomic mass is 31.2. The second-order valence-corrected chi connectivity index (χ2v) is 17.6. The number of hydrogen-bond donors (Lipinski definition) is 2. The van der Waals surface area contributed by atoms with Gasteiger partial charge < -0.3 is 38.0 Å². The Morgan fingerprint density at radius 2 is 1.52 bits per heavy atom. The van der Waals surface area contributed by atoms with Crippen molar-refractivity contribution in [2.75, 3.05) is 46.4 Å². The number of nitrogens with zero attached hydrogens (tertiary/aromatic N) is 5. The van der Waals surface area contributed by atoms with Crippen molar-refractivity contribution < 1.29 is 37.3 Å². The van der Waals surface area contributed by atoms with Crippen molar-refractivity contribution >= 4 is 25.6 Å². The van der Waals surface area contributed by atoms with E-state index in [1.807, 2.05) is 83.4 Å². The number of hydrogen-bond acceptors (Lipinski definition) is 12. The van der Waals surface area contributed by atoms with Crippen LogP contribution in [0.3, 0.4) is 0 Å². The molecule has 5 atom stereocenters. The van der Waals surface area contributed by atoms with Crippen LogP contribution in [-0.2, 0) is 35.9 Å². The van der Waals surface area contributed by atoms with Crippen molar-refractivity contribution in [3.63, 3.8) is 0 Å². The van der Waals surface area contributed by atoms with E-state index in [4.69, 9.17) is 37.7 Å². The Balaban J connectivity index is 1.51. The van der Waals surface area contributed by atoms with Crippen molar-refractivity contribution in [3.8, 4) is 17.6 Å². The quantitative estimate of drug-likeness (QED) is 0.0331. The molecule has 3 aromatic carbocycles. The number of anilines is 1. The van der Waals surface area contributed by atoms with Gasteiger partial charge in [0.25, 0.3) is 20.0 Å². The molecule has 62 heavy (non-hydrogen) atoms. The molecule has 0 spiro atoms. The number of nitrogens with one attached hydrogen (secondary N) is 2. The molecule has 1 aliphatic heterocycles. The SMILES string of the molecule is COc1ccc(C(OC[C@H]2O[C@@H]([n+]3cn(C)c4c(=O)[nH]c(NCC(C)C)nc43)[C@H](OC)[C@@H]2OP(OCCC#N)N(C(C)C)C(C)C)(c2ccccc2)c2ccc(OC)cc2)cc1. The van der Waals surface area contributed by atoms with Gasteiger partial charge in [-0.3, -0.25) is 14.3 Å². The highest BCUT2D eigenvalue weighted by Crippen LogP contribution is 2.51. The van der Waals surface area contributed by atoms with Crippen LogP contribution in [0.4, 0.5) is 5.95 Å². The van der Waals surface area contributed by atoms with Crippen molar-refractivity contribution in [2.24, 2.45) is 13.0 Å². The Morgan fingerprint density at radius 1 is 0.919 bits per heavy atom. The van der Waals surface area contributed by atoms with E-state index >= 15 is 0 Å². The highest BCUT2D eigenvalue weighted by Gasteiger charge is 2.53. The summed E-state index contributed by atoms with van der Waals surface area (Å²) < 4.78 is 51.4. The van der Waals surface area contributed by atoms with Crippen molar-refractivity contribution in [3.05, 3.63) is 112 Å². The number of rotatable bonds is 21. The minimum absolute atomic E-state index is 0.0131. The predicted octanol–water partition coefficient (Wildman–Crippen LogP) is 7.22. The average molecular weight is 871 g/mol. The van der Waals surface area contributed by atoms with Crippen molar-refractivity contribution in [1.82, 2.24) is 19.2 Å². The molecule has 0 radical (unpaired) electrons. The topological polar surface area (TPSA) is 158 Å². The molecule has 5 aromatic rings. The average Bonchev–Trinajstić information content (AvgIpc) is 3.79. The molecule has 2 aromatic heterocycles. The van der Waals surface area contributed by atoms with Gasteiger partial charge in [0, 0.05) is 25.7 Å². The molecule has 1 unspecified atom stereocenters. The lowest BCUT2D eigenvalue weighted by Crippen LogP contribution is -2.47. The molecular formula is C46H61N7O8P+. The summed E-state index contributed by atoms with van der Waals surface area (Å²) in [6.45, 7) is 13.3. The number of aromatic nitrogens is 4. The second-order valence-electron chi connectivity index (χ2n) is 16.2. The summed E-state index contributed by atoms with van der Waals surface area (Å²) >= 11 is 0. The third-order valence-corrected chi connectivity index (χ3v) is 12.9. The van der Waals surface area contributed by atoms with E-state index in [0.717, 1.165) is 16.7 Å². The van der Waals surface area contributed by atoms with Crippen LogP contribution in [0.25, 0.3) is 11.2 Å². The van der Waals surface area contributed by atoms with Gasteiger partial charge in [-0.2, -0.15) is 5.26 Å². The Morgan fingerprint density at radius 3 is 2.05 bits per heavy atom. The molecule has 332 valence electrons. The molecule has 0 bridgehead atoms. The van der Waals surface area contributed by atoms with E-state index in [2.05, 4.69) is 62.6 Å². The fourth-order valence-electron chi connectivity index (χ4n) is 7.95.